The van der Waals surface area contributed by atoms with E-state index in [2.05, 4.69) is 24.4 Å². The Morgan fingerprint density at radius 3 is 1.63 bits per heavy atom. The van der Waals surface area contributed by atoms with Crippen LogP contribution in [0.3, 0.4) is 0 Å². The molecule has 0 radical (unpaired) electrons. The molecule has 0 saturated heterocycles. The fourth-order valence-corrected chi connectivity index (χ4v) is 4.29. The average Bonchev–Trinajstić information content (AvgIpc) is 2.86. The molecule has 0 aromatic rings. The normalized spacial score (nSPS) is 13.6. The van der Waals surface area contributed by atoms with E-state index in [0.717, 1.165) is 32.1 Å². The summed E-state index contributed by atoms with van der Waals surface area (Å²) in [5.41, 5.74) is 0. The van der Waals surface area contributed by atoms with Gasteiger partial charge in [0.2, 0.25) is 5.91 Å². The van der Waals surface area contributed by atoms with Crippen LogP contribution in [0.1, 0.15) is 149 Å². The molecule has 0 rings (SSSR count). The van der Waals surface area contributed by atoms with Crippen LogP contribution in [0.15, 0.2) is 24.3 Å². The van der Waals surface area contributed by atoms with Gasteiger partial charge in [0.1, 0.15) is 0 Å². The van der Waals surface area contributed by atoms with Crippen molar-refractivity contribution in [2.75, 3.05) is 6.61 Å². The number of aliphatic hydroxyl groups excluding tert-OH is 2. The van der Waals surface area contributed by atoms with Crippen molar-refractivity contribution < 1.29 is 15.0 Å². The first-order valence-electron chi connectivity index (χ1n) is 15.1. The highest BCUT2D eigenvalue weighted by Gasteiger charge is 2.17. The highest BCUT2D eigenvalue weighted by atomic mass is 16.3. The van der Waals surface area contributed by atoms with Crippen molar-refractivity contribution in [2.45, 2.75) is 161 Å². The molecule has 0 aromatic carbocycles. The molecule has 0 aliphatic heterocycles. The molecular weight excluding hydrogens is 434 g/mol. The number of hydrogen-bond acceptors (Lipinski definition) is 3. The molecule has 0 aromatic heterocycles. The number of amides is 1. The van der Waals surface area contributed by atoms with E-state index in [1.165, 1.54) is 96.3 Å². The molecule has 0 aliphatic carbocycles. The summed E-state index contributed by atoms with van der Waals surface area (Å²) in [5.74, 6) is -0.111. The van der Waals surface area contributed by atoms with Crippen molar-refractivity contribution in [3.05, 3.63) is 24.3 Å². The Morgan fingerprint density at radius 1 is 0.657 bits per heavy atom. The zero-order chi connectivity index (χ0) is 25.8. The van der Waals surface area contributed by atoms with Crippen LogP contribution < -0.4 is 5.32 Å². The van der Waals surface area contributed by atoms with E-state index in [-0.39, 0.29) is 12.5 Å². The summed E-state index contributed by atoms with van der Waals surface area (Å²) in [6.45, 7) is 4.05. The summed E-state index contributed by atoms with van der Waals surface area (Å²) >= 11 is 0. The van der Waals surface area contributed by atoms with E-state index in [4.69, 9.17) is 0 Å². The van der Waals surface area contributed by atoms with Gasteiger partial charge in [-0.15, -0.1) is 0 Å². The number of unbranched alkanes of at least 4 members (excludes halogenated alkanes) is 17. The Hall–Kier alpha value is -1.13. The number of aliphatic hydroxyl groups is 2. The molecule has 3 N–H and O–H groups in total. The fraction of sp³-hybridized carbons (Fsp3) is 0.839. The quantitative estimate of drug-likeness (QED) is 0.0840. The lowest BCUT2D eigenvalue weighted by Crippen LogP contribution is -2.45. The van der Waals surface area contributed by atoms with Crippen LogP contribution in [-0.4, -0.2) is 34.9 Å². The third-order valence-corrected chi connectivity index (χ3v) is 6.69. The van der Waals surface area contributed by atoms with Crippen molar-refractivity contribution in [3.8, 4) is 0 Å². The fourth-order valence-electron chi connectivity index (χ4n) is 4.29. The minimum absolute atomic E-state index is 0.111. The summed E-state index contributed by atoms with van der Waals surface area (Å²) < 4.78 is 0. The minimum atomic E-state index is -0.852. The van der Waals surface area contributed by atoms with Crippen LogP contribution >= 0.6 is 0 Å². The predicted octanol–water partition coefficient (Wildman–Crippen LogP) is 8.17. The standard InChI is InChI=1S/C31H59NO3/c1-3-5-7-8-9-10-11-12-13-14-15-16-17-18-19-20-21-22-23-24-25-26-30(34)29(28-33)32-31(35)27-6-4-2/h21-22,25-26,29-30,33-34H,3-20,23-24,27-28H2,1-2H3,(H,32,35)/b22-21+,26-25+. The third kappa shape index (κ3) is 24.3. The number of rotatable bonds is 26. The van der Waals surface area contributed by atoms with Crippen LogP contribution in [-0.2, 0) is 4.79 Å². The van der Waals surface area contributed by atoms with Gasteiger partial charge in [-0.2, -0.15) is 0 Å². The topological polar surface area (TPSA) is 69.6 Å². The highest BCUT2D eigenvalue weighted by molar-refractivity contribution is 5.76. The second-order valence-electron chi connectivity index (χ2n) is 10.2. The first kappa shape index (κ1) is 33.9. The number of carbonyl (C=O) groups is 1. The average molecular weight is 494 g/mol. The maximum atomic E-state index is 11.8. The Morgan fingerprint density at radius 2 is 1.11 bits per heavy atom. The number of hydrogen-bond donors (Lipinski definition) is 3. The van der Waals surface area contributed by atoms with Crippen LogP contribution in [0.5, 0.6) is 0 Å². The van der Waals surface area contributed by atoms with Gasteiger partial charge in [0.15, 0.2) is 0 Å². The lowest BCUT2D eigenvalue weighted by molar-refractivity contribution is -0.123. The molecule has 0 fully saturated rings. The van der Waals surface area contributed by atoms with Gasteiger partial charge in [-0.05, 0) is 32.1 Å². The minimum Gasteiger partial charge on any atom is -0.394 e. The number of nitrogens with one attached hydrogen (secondary N) is 1. The SMILES string of the molecule is CCCCCCCCCCCCCCCCC/C=C/CC/C=C/C(O)C(CO)NC(=O)CCCC. The summed E-state index contributed by atoms with van der Waals surface area (Å²) in [6.07, 6.45) is 33.5. The van der Waals surface area contributed by atoms with E-state index in [1.807, 2.05) is 13.0 Å². The lowest BCUT2D eigenvalue weighted by atomic mass is 10.0. The van der Waals surface area contributed by atoms with Gasteiger partial charge in [0, 0.05) is 6.42 Å². The Labute approximate surface area is 218 Å². The van der Waals surface area contributed by atoms with Gasteiger partial charge in [0.05, 0.1) is 18.8 Å². The van der Waals surface area contributed by atoms with E-state index in [9.17, 15) is 15.0 Å². The molecule has 0 aliphatic rings. The molecule has 1 amide bonds. The van der Waals surface area contributed by atoms with Crippen LogP contribution in [0.4, 0.5) is 0 Å². The second kappa shape index (κ2) is 27.5. The zero-order valence-electron chi connectivity index (χ0n) is 23.3. The van der Waals surface area contributed by atoms with Gasteiger partial charge >= 0.3 is 0 Å². The Balaban J connectivity index is 3.50. The van der Waals surface area contributed by atoms with Gasteiger partial charge in [-0.3, -0.25) is 4.79 Å². The van der Waals surface area contributed by atoms with Gasteiger partial charge in [-0.25, -0.2) is 0 Å². The zero-order valence-corrected chi connectivity index (χ0v) is 23.3. The number of carbonyl (C=O) groups excluding carboxylic acids is 1. The monoisotopic (exact) mass is 493 g/mol. The first-order valence-corrected chi connectivity index (χ1v) is 15.1. The third-order valence-electron chi connectivity index (χ3n) is 6.69. The molecule has 2 unspecified atom stereocenters. The highest BCUT2D eigenvalue weighted by Crippen LogP contribution is 2.14. The van der Waals surface area contributed by atoms with Crippen molar-refractivity contribution in [1.29, 1.82) is 0 Å². The first-order chi connectivity index (χ1) is 17.2. The largest absolute Gasteiger partial charge is 0.394 e. The van der Waals surface area contributed by atoms with Gasteiger partial charge in [-0.1, -0.05) is 134 Å². The maximum Gasteiger partial charge on any atom is 0.220 e. The predicted molar refractivity (Wildman–Crippen MR) is 152 cm³/mol. The summed E-state index contributed by atoms with van der Waals surface area (Å²) in [5, 5.41) is 22.3. The van der Waals surface area contributed by atoms with E-state index in [1.54, 1.807) is 6.08 Å². The molecule has 35 heavy (non-hydrogen) atoms. The molecule has 2 atom stereocenters. The molecule has 206 valence electrons. The second-order valence-corrected chi connectivity index (χ2v) is 10.2. The molecule has 0 heterocycles. The molecule has 0 spiro atoms. The summed E-state index contributed by atoms with van der Waals surface area (Å²) in [7, 11) is 0. The Bertz CT molecular complexity index is 503. The van der Waals surface area contributed by atoms with Crippen LogP contribution in [0, 0.1) is 0 Å². The van der Waals surface area contributed by atoms with Gasteiger partial charge in [0.25, 0.3) is 0 Å². The van der Waals surface area contributed by atoms with Crippen molar-refractivity contribution >= 4 is 5.91 Å². The summed E-state index contributed by atoms with van der Waals surface area (Å²) in [4.78, 5) is 11.8. The van der Waals surface area contributed by atoms with Crippen molar-refractivity contribution in [2.24, 2.45) is 0 Å². The molecule has 0 bridgehead atoms. The van der Waals surface area contributed by atoms with E-state index >= 15 is 0 Å². The molecule has 4 nitrogen and oxygen atoms in total. The van der Waals surface area contributed by atoms with Gasteiger partial charge < -0.3 is 15.5 Å². The summed E-state index contributed by atoms with van der Waals surface area (Å²) in [6, 6.07) is -0.628. The molecule has 0 saturated carbocycles. The molecular formula is C31H59NO3. The lowest BCUT2D eigenvalue weighted by Gasteiger charge is -2.19. The maximum absolute atomic E-state index is 11.8. The number of allylic oxidation sites excluding steroid dienone is 3. The van der Waals surface area contributed by atoms with Crippen molar-refractivity contribution in [1.82, 2.24) is 5.32 Å². The van der Waals surface area contributed by atoms with Crippen LogP contribution in [0.2, 0.25) is 0 Å². The van der Waals surface area contributed by atoms with Crippen molar-refractivity contribution in [3.63, 3.8) is 0 Å². The Kier molecular flexibility index (Phi) is 26.6. The van der Waals surface area contributed by atoms with E-state index in [0.29, 0.717) is 6.42 Å². The van der Waals surface area contributed by atoms with Crippen LogP contribution in [0.25, 0.3) is 0 Å². The smallest absolute Gasteiger partial charge is 0.220 e. The molecule has 4 heteroatoms. The van der Waals surface area contributed by atoms with E-state index < -0.39 is 12.1 Å².